The second-order valence-electron chi connectivity index (χ2n) is 11.0. The van der Waals surface area contributed by atoms with Gasteiger partial charge in [-0.15, -0.1) is 0 Å². The Balaban J connectivity index is 2.34. The Morgan fingerprint density at radius 1 is 0.960 bits per heavy atom. The second-order valence-corrected chi connectivity index (χ2v) is 20.5. The summed E-state index contributed by atoms with van der Waals surface area (Å²) < 4.78 is 19.6. The van der Waals surface area contributed by atoms with Crippen molar-refractivity contribution < 1.29 is 18.4 Å². The van der Waals surface area contributed by atoms with E-state index in [0.29, 0.717) is 6.42 Å². The Morgan fingerprint density at radius 2 is 1.40 bits per heavy atom. The summed E-state index contributed by atoms with van der Waals surface area (Å²) in [5, 5.41) is 0.192. The molecule has 2 bridgehead atoms. The number of hydrogen-bond donors (Lipinski definition) is 0. The first kappa shape index (κ1) is 21.3. The fourth-order valence-corrected chi connectivity index (χ4v) is 5.71. The molecule has 0 aromatic carbocycles. The van der Waals surface area contributed by atoms with Crippen LogP contribution in [0, 0.1) is 0 Å². The van der Waals surface area contributed by atoms with Crippen molar-refractivity contribution in [2.24, 2.45) is 0 Å². The molecular formula is C19H38O4Si2. The van der Waals surface area contributed by atoms with E-state index in [-0.39, 0.29) is 34.2 Å². The average Bonchev–Trinajstić information content (AvgIpc) is 2.78. The van der Waals surface area contributed by atoms with Crippen LogP contribution in [0.15, 0.2) is 0 Å². The lowest BCUT2D eigenvalue weighted by Crippen LogP contribution is -2.60. The number of fused-ring (bicyclic) bond motifs is 2. The summed E-state index contributed by atoms with van der Waals surface area (Å²) in [5.74, 6) is 0.163. The average molecular weight is 387 g/mol. The molecule has 2 fully saturated rings. The number of carbonyl (C=O) groups is 1. The summed E-state index contributed by atoms with van der Waals surface area (Å²) in [6.45, 7) is 24.3. The van der Waals surface area contributed by atoms with Gasteiger partial charge in [-0.2, -0.15) is 0 Å². The van der Waals surface area contributed by atoms with Gasteiger partial charge in [0.25, 0.3) is 0 Å². The van der Waals surface area contributed by atoms with E-state index in [1.54, 1.807) is 0 Å². The van der Waals surface area contributed by atoms with Gasteiger partial charge in [-0.05, 0) is 43.2 Å². The zero-order chi connectivity index (χ0) is 19.6. The first-order valence-electron chi connectivity index (χ1n) is 9.49. The lowest BCUT2D eigenvalue weighted by Gasteiger charge is -2.46. The second kappa shape index (κ2) is 5.99. The van der Waals surface area contributed by atoms with E-state index in [9.17, 15) is 4.79 Å². The Kier molecular flexibility index (Phi) is 5.10. The standard InChI is InChI=1S/C19H38O4Si2/c1-17(2,3)24(8,9)22-15-13-12-14(20)19(7,21-13)16(15)23-25(10,11)18(4,5)6/h13,15-16H,12H2,1-11H3/t13-,15-,16-,19+/m0/s1. The molecule has 0 amide bonds. The van der Waals surface area contributed by atoms with Crippen LogP contribution in [0.2, 0.25) is 36.3 Å². The molecule has 0 aromatic rings. The quantitative estimate of drug-likeness (QED) is 0.645. The highest BCUT2D eigenvalue weighted by atomic mass is 28.4. The number of rotatable bonds is 4. The minimum Gasteiger partial charge on any atom is -0.409 e. The van der Waals surface area contributed by atoms with E-state index in [0.717, 1.165) is 0 Å². The van der Waals surface area contributed by atoms with Gasteiger partial charge in [0.1, 0.15) is 6.10 Å². The maximum absolute atomic E-state index is 12.6. The molecule has 2 aliphatic rings. The van der Waals surface area contributed by atoms with Gasteiger partial charge >= 0.3 is 0 Å². The third-order valence-corrected chi connectivity index (χ3v) is 15.9. The van der Waals surface area contributed by atoms with Crippen molar-refractivity contribution in [1.29, 1.82) is 0 Å². The van der Waals surface area contributed by atoms with Crippen LogP contribution in [0.3, 0.4) is 0 Å². The lowest BCUT2D eigenvalue weighted by molar-refractivity contribution is -0.136. The molecule has 2 rings (SSSR count). The minimum absolute atomic E-state index is 0.0791. The van der Waals surface area contributed by atoms with E-state index in [2.05, 4.69) is 67.7 Å². The molecule has 2 heterocycles. The summed E-state index contributed by atoms with van der Waals surface area (Å²) in [4.78, 5) is 12.6. The smallest absolute Gasteiger partial charge is 0.192 e. The largest absolute Gasteiger partial charge is 0.409 e. The van der Waals surface area contributed by atoms with Gasteiger partial charge in [0.2, 0.25) is 0 Å². The van der Waals surface area contributed by atoms with Crippen molar-refractivity contribution in [3.05, 3.63) is 0 Å². The molecule has 0 saturated carbocycles. The van der Waals surface area contributed by atoms with Crippen molar-refractivity contribution in [3.63, 3.8) is 0 Å². The van der Waals surface area contributed by atoms with Crippen molar-refractivity contribution in [2.45, 2.75) is 115 Å². The maximum atomic E-state index is 12.6. The van der Waals surface area contributed by atoms with Crippen molar-refractivity contribution in [3.8, 4) is 0 Å². The molecule has 0 aromatic heterocycles. The van der Waals surface area contributed by atoms with Gasteiger partial charge < -0.3 is 13.6 Å². The van der Waals surface area contributed by atoms with Crippen LogP contribution in [0.5, 0.6) is 0 Å². The first-order valence-corrected chi connectivity index (χ1v) is 15.3. The van der Waals surface area contributed by atoms with Crippen LogP contribution in [0.25, 0.3) is 0 Å². The van der Waals surface area contributed by atoms with Crippen LogP contribution < -0.4 is 0 Å². The highest BCUT2D eigenvalue weighted by Gasteiger charge is 2.65. The molecule has 0 unspecified atom stereocenters. The Hall–Kier alpha value is -0.0162. The molecule has 0 spiro atoms. The van der Waals surface area contributed by atoms with Gasteiger partial charge in [0, 0.05) is 6.42 Å². The normalized spacial score (nSPS) is 34.0. The molecule has 4 nitrogen and oxygen atoms in total. The number of ketones is 1. The van der Waals surface area contributed by atoms with Crippen LogP contribution in [0.4, 0.5) is 0 Å². The van der Waals surface area contributed by atoms with Crippen LogP contribution >= 0.6 is 0 Å². The highest BCUT2D eigenvalue weighted by molar-refractivity contribution is 6.74. The number of Topliss-reactive ketones (excluding diaryl/α,β-unsaturated/α-hetero) is 1. The minimum atomic E-state index is -2.04. The summed E-state index contributed by atoms with van der Waals surface area (Å²) in [6.07, 6.45) is -0.152. The zero-order valence-corrected chi connectivity index (χ0v) is 20.1. The third kappa shape index (κ3) is 3.57. The highest BCUT2D eigenvalue weighted by Crippen LogP contribution is 2.50. The van der Waals surface area contributed by atoms with Gasteiger partial charge in [0.15, 0.2) is 28.0 Å². The molecule has 0 radical (unpaired) electrons. The van der Waals surface area contributed by atoms with Crippen LogP contribution in [-0.4, -0.2) is 46.3 Å². The van der Waals surface area contributed by atoms with Crippen molar-refractivity contribution >= 4 is 22.4 Å². The molecule has 25 heavy (non-hydrogen) atoms. The molecule has 2 aliphatic heterocycles. The molecule has 2 saturated heterocycles. The fraction of sp³-hybridized carbons (Fsp3) is 0.947. The summed E-state index contributed by atoms with van der Waals surface area (Å²) in [7, 11) is -4.03. The number of carbonyl (C=O) groups excluding carboxylic acids is 1. The van der Waals surface area contributed by atoms with Crippen molar-refractivity contribution in [2.75, 3.05) is 0 Å². The summed E-state index contributed by atoms with van der Waals surface area (Å²) in [5.41, 5.74) is -0.854. The first-order chi connectivity index (χ1) is 10.9. The van der Waals surface area contributed by atoms with Gasteiger partial charge in [-0.25, -0.2) is 0 Å². The molecule has 146 valence electrons. The number of ether oxygens (including phenoxy) is 1. The maximum Gasteiger partial charge on any atom is 0.192 e. The van der Waals surface area contributed by atoms with E-state index in [4.69, 9.17) is 13.6 Å². The van der Waals surface area contributed by atoms with E-state index in [1.165, 1.54) is 0 Å². The van der Waals surface area contributed by atoms with Crippen molar-refractivity contribution in [1.82, 2.24) is 0 Å². The summed E-state index contributed by atoms with van der Waals surface area (Å²) >= 11 is 0. The fourth-order valence-electron chi connectivity index (χ4n) is 3.05. The van der Waals surface area contributed by atoms with Gasteiger partial charge in [-0.3, -0.25) is 4.79 Å². The SMILES string of the molecule is CC(C)(C)[Si](C)(C)O[C@H]1[C@@H]2CC(=O)[C@@](C)(O2)[C@H]1O[Si](C)(C)C(C)(C)C. The molecule has 4 atom stereocenters. The molecule has 0 N–H and O–H groups in total. The molecule has 0 aliphatic carbocycles. The summed E-state index contributed by atoms with van der Waals surface area (Å²) in [6, 6.07) is 0. The Bertz CT molecular complexity index is 545. The lowest BCUT2D eigenvalue weighted by atomic mass is 9.84. The Morgan fingerprint density at radius 3 is 1.84 bits per heavy atom. The van der Waals surface area contributed by atoms with E-state index >= 15 is 0 Å². The Labute approximate surface area is 156 Å². The van der Waals surface area contributed by atoms with Gasteiger partial charge in [-0.1, -0.05) is 41.5 Å². The topological polar surface area (TPSA) is 44.8 Å². The zero-order valence-electron chi connectivity index (χ0n) is 18.1. The monoisotopic (exact) mass is 386 g/mol. The molecular weight excluding hydrogens is 348 g/mol. The predicted octanol–water partition coefficient (Wildman–Crippen LogP) is 4.90. The van der Waals surface area contributed by atoms with Crippen LogP contribution in [0.1, 0.15) is 54.9 Å². The number of hydrogen-bond acceptors (Lipinski definition) is 4. The molecule has 6 heteroatoms. The van der Waals surface area contributed by atoms with E-state index < -0.39 is 22.2 Å². The third-order valence-electron chi connectivity index (χ3n) is 7.01. The van der Waals surface area contributed by atoms with Crippen LogP contribution in [-0.2, 0) is 18.4 Å². The van der Waals surface area contributed by atoms with Gasteiger partial charge in [0.05, 0.1) is 12.2 Å². The van der Waals surface area contributed by atoms with E-state index in [1.807, 2.05) is 6.92 Å². The predicted molar refractivity (Wildman–Crippen MR) is 107 cm³/mol.